The van der Waals surface area contributed by atoms with Crippen LogP contribution in [0.15, 0.2) is 24.3 Å². The molecule has 0 spiro atoms. The Morgan fingerprint density at radius 3 is 2.16 bits per heavy atom. The van der Waals surface area contributed by atoms with Gasteiger partial charge in [-0.3, -0.25) is 10.2 Å². The van der Waals surface area contributed by atoms with Gasteiger partial charge in [0.05, 0.1) is 5.41 Å². The number of benzene rings is 1. The molecule has 3 nitrogen and oxygen atoms in total. The summed E-state index contributed by atoms with van der Waals surface area (Å²) in [6, 6.07) is 8.37. The van der Waals surface area contributed by atoms with Crippen LogP contribution in [0.1, 0.15) is 38.8 Å². The van der Waals surface area contributed by atoms with Crippen molar-refractivity contribution in [2.75, 3.05) is 14.1 Å². The first-order valence-corrected chi connectivity index (χ1v) is 6.81. The van der Waals surface area contributed by atoms with Crippen LogP contribution in [0, 0.1) is 5.92 Å². The van der Waals surface area contributed by atoms with Crippen molar-refractivity contribution in [2.24, 2.45) is 5.92 Å². The second kappa shape index (κ2) is 6.20. The maximum absolute atomic E-state index is 12.2. The second-order valence-corrected chi connectivity index (χ2v) is 6.26. The third-order valence-corrected chi connectivity index (χ3v) is 3.21. The first-order valence-electron chi connectivity index (χ1n) is 6.81. The third kappa shape index (κ3) is 4.35. The Hall–Kier alpha value is -1.35. The van der Waals surface area contributed by atoms with Crippen molar-refractivity contribution in [2.45, 2.75) is 39.5 Å². The Bertz CT molecular complexity index is 419. The molecule has 1 N–H and O–H groups in total. The lowest BCUT2D eigenvalue weighted by molar-refractivity contribution is -0.129. The zero-order valence-electron chi connectivity index (χ0n) is 12.9. The Kier molecular flexibility index (Phi) is 5.12. The molecule has 0 heterocycles. The number of hydrazine groups is 1. The van der Waals surface area contributed by atoms with E-state index < -0.39 is 5.41 Å². The summed E-state index contributed by atoms with van der Waals surface area (Å²) in [5.41, 5.74) is 4.66. The Labute approximate surface area is 117 Å². The molecular weight excluding hydrogens is 236 g/mol. The van der Waals surface area contributed by atoms with Gasteiger partial charge in [-0.05, 0) is 37.3 Å². The molecule has 0 unspecified atom stereocenters. The molecule has 1 aromatic rings. The lowest BCUT2D eigenvalue weighted by Crippen LogP contribution is -2.46. The monoisotopic (exact) mass is 262 g/mol. The largest absolute Gasteiger partial charge is 0.289 e. The van der Waals surface area contributed by atoms with Gasteiger partial charge in [-0.1, -0.05) is 38.1 Å². The topological polar surface area (TPSA) is 32.3 Å². The number of nitrogens with zero attached hydrogens (tertiary/aromatic N) is 1. The number of rotatable bonds is 5. The van der Waals surface area contributed by atoms with Gasteiger partial charge < -0.3 is 0 Å². The molecule has 1 aromatic carbocycles. The molecule has 1 amide bonds. The van der Waals surface area contributed by atoms with Crippen LogP contribution in [-0.2, 0) is 16.6 Å². The normalized spacial score (nSPS) is 12.0. The predicted molar refractivity (Wildman–Crippen MR) is 79.8 cm³/mol. The number of hydrogen-bond donors (Lipinski definition) is 1. The number of amides is 1. The molecule has 0 aliphatic heterocycles. The van der Waals surface area contributed by atoms with E-state index in [0.29, 0.717) is 5.92 Å². The number of carbonyl (C=O) groups is 1. The fourth-order valence-corrected chi connectivity index (χ4v) is 2.00. The average molecular weight is 262 g/mol. The van der Waals surface area contributed by atoms with E-state index in [4.69, 9.17) is 0 Å². The first kappa shape index (κ1) is 15.7. The van der Waals surface area contributed by atoms with Crippen LogP contribution in [0.2, 0.25) is 0 Å². The van der Waals surface area contributed by atoms with E-state index in [0.717, 1.165) is 12.0 Å². The molecule has 3 heteroatoms. The molecule has 0 bridgehead atoms. The fraction of sp³-hybridized carbons (Fsp3) is 0.562. The highest BCUT2D eigenvalue weighted by atomic mass is 16.2. The van der Waals surface area contributed by atoms with Crippen LogP contribution >= 0.6 is 0 Å². The molecule has 0 aliphatic carbocycles. The van der Waals surface area contributed by atoms with E-state index in [2.05, 4.69) is 43.5 Å². The third-order valence-electron chi connectivity index (χ3n) is 3.21. The van der Waals surface area contributed by atoms with E-state index in [1.54, 1.807) is 5.01 Å². The zero-order valence-corrected chi connectivity index (χ0v) is 12.9. The summed E-state index contributed by atoms with van der Waals surface area (Å²) in [7, 11) is 3.64. The number of nitrogens with one attached hydrogen (secondary N) is 1. The van der Waals surface area contributed by atoms with E-state index in [1.165, 1.54) is 5.56 Å². The summed E-state index contributed by atoms with van der Waals surface area (Å²) < 4.78 is 0. The van der Waals surface area contributed by atoms with Crippen LogP contribution < -0.4 is 5.43 Å². The van der Waals surface area contributed by atoms with E-state index >= 15 is 0 Å². The highest BCUT2D eigenvalue weighted by Gasteiger charge is 2.29. The minimum absolute atomic E-state index is 0.00843. The molecule has 19 heavy (non-hydrogen) atoms. The Balaban J connectivity index is 2.86. The SMILES string of the molecule is CC(C)Cc1ccc(C(C)(C)C(=O)NN(C)C)cc1. The Morgan fingerprint density at radius 1 is 1.21 bits per heavy atom. The number of hydrogen-bond acceptors (Lipinski definition) is 2. The first-order chi connectivity index (χ1) is 8.73. The van der Waals surface area contributed by atoms with Gasteiger partial charge in [0.2, 0.25) is 5.91 Å². The van der Waals surface area contributed by atoms with Crippen molar-refractivity contribution in [1.29, 1.82) is 0 Å². The average Bonchev–Trinajstić information content (AvgIpc) is 2.27. The summed E-state index contributed by atoms with van der Waals surface area (Å²) in [4.78, 5) is 12.2. The van der Waals surface area contributed by atoms with Crippen molar-refractivity contribution < 1.29 is 4.79 Å². The molecule has 106 valence electrons. The summed E-state index contributed by atoms with van der Waals surface area (Å²) in [6.45, 7) is 8.32. The molecule has 0 aromatic heterocycles. The van der Waals surface area contributed by atoms with E-state index in [9.17, 15) is 4.79 Å². The smallest absolute Gasteiger partial charge is 0.244 e. The Morgan fingerprint density at radius 2 is 1.74 bits per heavy atom. The van der Waals surface area contributed by atoms with Gasteiger partial charge in [-0.25, -0.2) is 5.01 Å². The van der Waals surface area contributed by atoms with Crippen molar-refractivity contribution in [3.05, 3.63) is 35.4 Å². The van der Waals surface area contributed by atoms with Crippen LogP contribution in [0.5, 0.6) is 0 Å². The predicted octanol–water partition coefficient (Wildman–Crippen LogP) is 2.76. The highest BCUT2D eigenvalue weighted by molar-refractivity contribution is 5.86. The van der Waals surface area contributed by atoms with E-state index in [-0.39, 0.29) is 5.91 Å². The van der Waals surface area contributed by atoms with Gasteiger partial charge in [-0.2, -0.15) is 0 Å². The summed E-state index contributed by atoms with van der Waals surface area (Å²) in [5.74, 6) is 0.657. The second-order valence-electron chi connectivity index (χ2n) is 6.26. The van der Waals surface area contributed by atoms with Crippen LogP contribution in [0.25, 0.3) is 0 Å². The molecule has 0 saturated heterocycles. The van der Waals surface area contributed by atoms with Gasteiger partial charge >= 0.3 is 0 Å². The fourth-order valence-electron chi connectivity index (χ4n) is 2.00. The molecule has 0 saturated carbocycles. The summed E-state index contributed by atoms with van der Waals surface area (Å²) >= 11 is 0. The summed E-state index contributed by atoms with van der Waals surface area (Å²) in [6.07, 6.45) is 1.07. The quantitative estimate of drug-likeness (QED) is 0.828. The molecule has 1 rings (SSSR count). The van der Waals surface area contributed by atoms with E-state index in [1.807, 2.05) is 27.9 Å². The lowest BCUT2D eigenvalue weighted by atomic mass is 9.83. The number of carbonyl (C=O) groups excluding carboxylic acids is 1. The zero-order chi connectivity index (χ0) is 14.6. The van der Waals surface area contributed by atoms with Crippen LogP contribution in [0.3, 0.4) is 0 Å². The molecule has 0 atom stereocenters. The maximum Gasteiger partial charge on any atom is 0.244 e. The summed E-state index contributed by atoms with van der Waals surface area (Å²) in [5, 5.41) is 1.68. The molecule has 0 fully saturated rings. The van der Waals surface area contributed by atoms with Gasteiger partial charge in [0.15, 0.2) is 0 Å². The van der Waals surface area contributed by atoms with Crippen LogP contribution in [0.4, 0.5) is 0 Å². The van der Waals surface area contributed by atoms with Gasteiger partial charge in [-0.15, -0.1) is 0 Å². The minimum atomic E-state index is -0.527. The molecule has 0 radical (unpaired) electrons. The van der Waals surface area contributed by atoms with Gasteiger partial charge in [0.1, 0.15) is 0 Å². The van der Waals surface area contributed by atoms with Gasteiger partial charge in [0, 0.05) is 14.1 Å². The highest BCUT2D eigenvalue weighted by Crippen LogP contribution is 2.24. The van der Waals surface area contributed by atoms with Crippen molar-refractivity contribution in [1.82, 2.24) is 10.4 Å². The van der Waals surface area contributed by atoms with Crippen molar-refractivity contribution in [3.8, 4) is 0 Å². The molecular formula is C16H26N2O. The minimum Gasteiger partial charge on any atom is -0.289 e. The van der Waals surface area contributed by atoms with Crippen molar-refractivity contribution >= 4 is 5.91 Å². The van der Waals surface area contributed by atoms with Crippen LogP contribution in [-0.4, -0.2) is 25.0 Å². The van der Waals surface area contributed by atoms with Gasteiger partial charge in [0.25, 0.3) is 0 Å². The van der Waals surface area contributed by atoms with Crippen molar-refractivity contribution in [3.63, 3.8) is 0 Å². The maximum atomic E-state index is 12.2. The lowest BCUT2D eigenvalue weighted by Gasteiger charge is -2.26. The molecule has 0 aliphatic rings. The standard InChI is InChI=1S/C16H26N2O/c1-12(2)11-13-7-9-14(10-8-13)16(3,4)15(19)17-18(5)6/h7-10,12H,11H2,1-6H3,(H,17,19).